The fourth-order valence-corrected chi connectivity index (χ4v) is 2.73. The van der Waals surface area contributed by atoms with Crippen molar-refractivity contribution in [3.8, 4) is 17.0 Å². The Morgan fingerprint density at radius 1 is 1.04 bits per heavy atom. The zero-order valence-electron chi connectivity index (χ0n) is 13.7. The second-order valence-corrected chi connectivity index (χ2v) is 6.30. The van der Waals surface area contributed by atoms with Gasteiger partial charge in [-0.15, -0.1) is 0 Å². The second-order valence-electron chi connectivity index (χ2n) is 5.38. The van der Waals surface area contributed by atoms with Crippen molar-refractivity contribution >= 4 is 28.1 Å². The largest absolute Gasteiger partial charge is 0.497 e. The predicted octanol–water partition coefficient (Wildman–Crippen LogP) is 5.51. The van der Waals surface area contributed by atoms with E-state index in [0.29, 0.717) is 0 Å². The first-order valence-corrected chi connectivity index (χ1v) is 8.64. The van der Waals surface area contributed by atoms with Gasteiger partial charge in [0.05, 0.1) is 12.8 Å². The van der Waals surface area contributed by atoms with E-state index in [1.165, 1.54) is 0 Å². The number of hydrogen-bond donors (Lipinski definition) is 0. The summed E-state index contributed by atoms with van der Waals surface area (Å²) in [6.07, 6.45) is 6.22. The summed E-state index contributed by atoms with van der Waals surface area (Å²) in [5.74, 6) is 1.80. The molecular formula is C20H19BrN2O. The summed E-state index contributed by atoms with van der Waals surface area (Å²) >= 11 is 3.45. The number of benzene rings is 2. The van der Waals surface area contributed by atoms with E-state index in [1.807, 2.05) is 36.4 Å². The quantitative estimate of drug-likeness (QED) is 0.581. The minimum absolute atomic E-state index is 0.851. The molecule has 0 atom stereocenters. The van der Waals surface area contributed by atoms with E-state index in [2.05, 4.69) is 57.9 Å². The van der Waals surface area contributed by atoms with Gasteiger partial charge in [-0.3, -0.25) is 0 Å². The van der Waals surface area contributed by atoms with Gasteiger partial charge in [0, 0.05) is 22.8 Å². The van der Waals surface area contributed by atoms with Crippen LogP contribution in [0, 0.1) is 0 Å². The number of halogens is 1. The number of methoxy groups -OCH3 is 1. The fourth-order valence-electron chi connectivity index (χ4n) is 2.46. The van der Waals surface area contributed by atoms with Crippen LogP contribution in [0.3, 0.4) is 0 Å². The molecule has 0 aliphatic heterocycles. The molecule has 0 radical (unpaired) electrons. The van der Waals surface area contributed by atoms with Gasteiger partial charge >= 0.3 is 0 Å². The van der Waals surface area contributed by atoms with Crippen LogP contribution in [0.5, 0.6) is 5.75 Å². The van der Waals surface area contributed by atoms with Crippen LogP contribution in [0.25, 0.3) is 23.4 Å². The molecule has 122 valence electrons. The number of ether oxygens (including phenoxy) is 1. The smallest absolute Gasteiger partial charge is 0.133 e. The van der Waals surface area contributed by atoms with Crippen LogP contribution in [0.1, 0.15) is 18.3 Å². The van der Waals surface area contributed by atoms with Crippen molar-refractivity contribution in [3.05, 3.63) is 70.6 Å². The zero-order chi connectivity index (χ0) is 16.9. The molecule has 4 heteroatoms. The van der Waals surface area contributed by atoms with E-state index in [1.54, 1.807) is 7.11 Å². The Bertz CT molecular complexity index is 833. The monoisotopic (exact) mass is 382 g/mol. The van der Waals surface area contributed by atoms with E-state index in [9.17, 15) is 0 Å². The molecular weight excluding hydrogens is 364 g/mol. The molecule has 0 saturated carbocycles. The van der Waals surface area contributed by atoms with Gasteiger partial charge in [0.25, 0.3) is 0 Å². The Labute approximate surface area is 150 Å². The molecule has 0 spiro atoms. The van der Waals surface area contributed by atoms with Crippen LogP contribution in [-0.2, 0) is 6.54 Å². The average molecular weight is 383 g/mol. The molecule has 2 aromatic carbocycles. The van der Waals surface area contributed by atoms with Crippen LogP contribution in [0.15, 0.2) is 59.2 Å². The Hall–Kier alpha value is -2.33. The first-order chi connectivity index (χ1) is 11.7. The minimum atomic E-state index is 0.851. The molecule has 0 fully saturated rings. The molecule has 3 aromatic rings. The number of imidazole rings is 1. The van der Waals surface area contributed by atoms with Gasteiger partial charge in [-0.2, -0.15) is 0 Å². The van der Waals surface area contributed by atoms with Crippen molar-refractivity contribution in [1.29, 1.82) is 0 Å². The highest BCUT2D eigenvalue weighted by Gasteiger charge is 2.07. The highest BCUT2D eigenvalue weighted by Crippen LogP contribution is 2.23. The Morgan fingerprint density at radius 3 is 2.38 bits per heavy atom. The number of aromatic nitrogens is 2. The van der Waals surface area contributed by atoms with Crippen LogP contribution < -0.4 is 4.74 Å². The number of nitrogens with zero attached hydrogens (tertiary/aromatic N) is 2. The highest BCUT2D eigenvalue weighted by atomic mass is 79.9. The standard InChI is InChI=1S/C20H19BrN2O/c1-3-23-14-19(16-7-11-18(24-2)12-8-16)22-20(23)13-6-15-4-9-17(21)10-5-15/h4-14H,3H2,1-2H3/b13-6+. The van der Waals surface area contributed by atoms with Gasteiger partial charge in [-0.05, 0) is 55.0 Å². The molecule has 0 bridgehead atoms. The van der Waals surface area contributed by atoms with Crippen molar-refractivity contribution < 1.29 is 4.74 Å². The Balaban J connectivity index is 1.88. The lowest BCUT2D eigenvalue weighted by molar-refractivity contribution is 0.415. The molecule has 1 heterocycles. The topological polar surface area (TPSA) is 27.1 Å². The summed E-state index contributed by atoms with van der Waals surface area (Å²) in [5, 5.41) is 0. The van der Waals surface area contributed by atoms with Crippen molar-refractivity contribution in [2.75, 3.05) is 7.11 Å². The van der Waals surface area contributed by atoms with E-state index in [0.717, 1.165) is 39.4 Å². The molecule has 0 aliphatic carbocycles. The maximum Gasteiger partial charge on any atom is 0.133 e. The van der Waals surface area contributed by atoms with Crippen LogP contribution >= 0.6 is 15.9 Å². The van der Waals surface area contributed by atoms with Crippen molar-refractivity contribution in [2.24, 2.45) is 0 Å². The van der Waals surface area contributed by atoms with E-state index in [-0.39, 0.29) is 0 Å². The van der Waals surface area contributed by atoms with E-state index < -0.39 is 0 Å². The Kier molecular flexibility index (Phi) is 5.16. The van der Waals surface area contributed by atoms with Gasteiger partial charge in [0.15, 0.2) is 0 Å². The second kappa shape index (κ2) is 7.49. The van der Waals surface area contributed by atoms with Crippen molar-refractivity contribution in [2.45, 2.75) is 13.5 Å². The fraction of sp³-hybridized carbons (Fsp3) is 0.150. The van der Waals surface area contributed by atoms with E-state index in [4.69, 9.17) is 9.72 Å². The summed E-state index contributed by atoms with van der Waals surface area (Å²) in [6.45, 7) is 3.00. The lowest BCUT2D eigenvalue weighted by Gasteiger charge is -2.00. The number of hydrogen-bond acceptors (Lipinski definition) is 2. The Morgan fingerprint density at radius 2 is 1.75 bits per heavy atom. The third-order valence-electron chi connectivity index (χ3n) is 3.83. The number of aryl methyl sites for hydroxylation is 1. The highest BCUT2D eigenvalue weighted by molar-refractivity contribution is 9.10. The minimum Gasteiger partial charge on any atom is -0.497 e. The first kappa shape index (κ1) is 16.5. The van der Waals surface area contributed by atoms with E-state index >= 15 is 0 Å². The van der Waals surface area contributed by atoms with Gasteiger partial charge in [-0.25, -0.2) is 4.98 Å². The molecule has 0 aliphatic rings. The molecule has 1 aromatic heterocycles. The lowest BCUT2D eigenvalue weighted by atomic mass is 10.2. The summed E-state index contributed by atoms with van der Waals surface area (Å²) in [4.78, 5) is 4.77. The van der Waals surface area contributed by atoms with Crippen molar-refractivity contribution in [1.82, 2.24) is 9.55 Å². The van der Waals surface area contributed by atoms with Crippen LogP contribution in [0.4, 0.5) is 0 Å². The molecule has 3 rings (SSSR count). The SMILES string of the molecule is CCn1cc(-c2ccc(OC)cc2)nc1/C=C/c1ccc(Br)cc1. The third kappa shape index (κ3) is 3.77. The summed E-state index contributed by atoms with van der Waals surface area (Å²) in [7, 11) is 1.67. The molecule has 0 N–H and O–H groups in total. The lowest BCUT2D eigenvalue weighted by Crippen LogP contribution is -1.94. The number of rotatable bonds is 5. The summed E-state index contributed by atoms with van der Waals surface area (Å²) in [6, 6.07) is 16.2. The van der Waals surface area contributed by atoms with Gasteiger partial charge < -0.3 is 9.30 Å². The van der Waals surface area contributed by atoms with Gasteiger partial charge in [0.1, 0.15) is 11.6 Å². The molecule has 3 nitrogen and oxygen atoms in total. The van der Waals surface area contributed by atoms with Crippen LogP contribution in [-0.4, -0.2) is 16.7 Å². The first-order valence-electron chi connectivity index (χ1n) is 7.85. The average Bonchev–Trinajstić information content (AvgIpc) is 3.04. The normalized spacial score (nSPS) is 11.1. The zero-order valence-corrected chi connectivity index (χ0v) is 15.3. The maximum absolute atomic E-state index is 5.21. The van der Waals surface area contributed by atoms with Crippen molar-refractivity contribution in [3.63, 3.8) is 0 Å². The summed E-state index contributed by atoms with van der Waals surface area (Å²) < 4.78 is 8.44. The molecule has 24 heavy (non-hydrogen) atoms. The molecule has 0 amide bonds. The van der Waals surface area contributed by atoms with Crippen LogP contribution in [0.2, 0.25) is 0 Å². The maximum atomic E-state index is 5.21. The predicted molar refractivity (Wildman–Crippen MR) is 103 cm³/mol. The molecule has 0 unspecified atom stereocenters. The van der Waals surface area contributed by atoms with Gasteiger partial charge in [0.2, 0.25) is 0 Å². The third-order valence-corrected chi connectivity index (χ3v) is 4.36. The summed E-state index contributed by atoms with van der Waals surface area (Å²) in [5.41, 5.74) is 3.20. The van der Waals surface area contributed by atoms with Gasteiger partial charge in [-0.1, -0.05) is 34.1 Å². The molecule has 0 saturated heterocycles.